The first-order chi connectivity index (χ1) is 11.6. The molecule has 6 heteroatoms. The number of carbonyl (C=O) groups excluding carboxylic acids is 3. The highest BCUT2D eigenvalue weighted by molar-refractivity contribution is 6.16. The number of carbonyl (C=O) groups is 3. The van der Waals surface area contributed by atoms with Crippen LogP contribution in [0.25, 0.3) is 0 Å². The Labute approximate surface area is 138 Å². The number of hydrogen-bond donors (Lipinski definition) is 2. The summed E-state index contributed by atoms with van der Waals surface area (Å²) in [5.74, 6) is -1.54. The standard InChI is InChI=1S/C18H16N2O4/c21-16-14(17(22)20-18(23)19-16)10-13-8-4-5-9-15(13)24-11-12-6-2-1-3-7-12/h1-9,14H,10-11H2,(H2,19,20,21,22,23). The number of imide groups is 2. The second kappa shape index (κ2) is 6.95. The zero-order valence-electron chi connectivity index (χ0n) is 12.8. The van der Waals surface area contributed by atoms with Gasteiger partial charge in [0.15, 0.2) is 0 Å². The lowest BCUT2D eigenvalue weighted by atomic mass is 9.96. The Balaban J connectivity index is 1.73. The van der Waals surface area contributed by atoms with Crippen LogP contribution in [0, 0.1) is 5.92 Å². The Bertz CT molecular complexity index is 754. The third-order valence-electron chi connectivity index (χ3n) is 3.74. The van der Waals surface area contributed by atoms with E-state index in [2.05, 4.69) is 10.6 Å². The van der Waals surface area contributed by atoms with Crippen LogP contribution in [0.15, 0.2) is 54.6 Å². The predicted octanol–water partition coefficient (Wildman–Crippen LogP) is 1.79. The van der Waals surface area contributed by atoms with Crippen molar-refractivity contribution in [3.05, 3.63) is 65.7 Å². The molecule has 3 rings (SSSR count). The summed E-state index contributed by atoms with van der Waals surface area (Å²) in [5, 5.41) is 4.21. The first kappa shape index (κ1) is 15.7. The summed E-state index contributed by atoms with van der Waals surface area (Å²) in [6.07, 6.45) is 0.163. The third-order valence-corrected chi connectivity index (χ3v) is 3.74. The predicted molar refractivity (Wildman–Crippen MR) is 86.1 cm³/mol. The second-order valence-corrected chi connectivity index (χ2v) is 5.45. The minimum absolute atomic E-state index is 0.163. The molecule has 0 bridgehead atoms. The smallest absolute Gasteiger partial charge is 0.328 e. The van der Waals surface area contributed by atoms with Crippen LogP contribution >= 0.6 is 0 Å². The van der Waals surface area contributed by atoms with E-state index in [9.17, 15) is 14.4 Å². The number of hydrogen-bond acceptors (Lipinski definition) is 4. The molecular formula is C18H16N2O4. The van der Waals surface area contributed by atoms with Crippen molar-refractivity contribution in [2.75, 3.05) is 0 Å². The Kier molecular flexibility index (Phi) is 4.56. The van der Waals surface area contributed by atoms with E-state index in [1.807, 2.05) is 42.5 Å². The average Bonchev–Trinajstić information content (AvgIpc) is 2.58. The number of para-hydroxylation sites is 1. The molecule has 6 nitrogen and oxygen atoms in total. The lowest BCUT2D eigenvalue weighted by Gasteiger charge is -2.21. The van der Waals surface area contributed by atoms with E-state index in [-0.39, 0.29) is 6.42 Å². The van der Waals surface area contributed by atoms with Crippen LogP contribution in [0.3, 0.4) is 0 Å². The number of nitrogens with one attached hydrogen (secondary N) is 2. The third kappa shape index (κ3) is 3.60. The molecule has 4 amide bonds. The number of ether oxygens (including phenoxy) is 1. The van der Waals surface area contributed by atoms with Crippen LogP contribution in [-0.4, -0.2) is 17.8 Å². The van der Waals surface area contributed by atoms with E-state index in [4.69, 9.17) is 4.74 Å². The van der Waals surface area contributed by atoms with Gasteiger partial charge in [-0.15, -0.1) is 0 Å². The lowest BCUT2D eigenvalue weighted by Crippen LogP contribution is -2.56. The summed E-state index contributed by atoms with van der Waals surface area (Å²) in [5.41, 5.74) is 1.75. The SMILES string of the molecule is O=C1NC(=O)C(Cc2ccccc2OCc2ccccc2)C(=O)N1. The maximum absolute atomic E-state index is 11.9. The zero-order valence-corrected chi connectivity index (χ0v) is 12.8. The number of amides is 4. The second-order valence-electron chi connectivity index (χ2n) is 5.45. The van der Waals surface area contributed by atoms with Gasteiger partial charge in [-0.3, -0.25) is 20.2 Å². The van der Waals surface area contributed by atoms with E-state index in [1.165, 1.54) is 0 Å². The summed E-state index contributed by atoms with van der Waals surface area (Å²) < 4.78 is 5.83. The topological polar surface area (TPSA) is 84.5 Å². The van der Waals surface area contributed by atoms with Crippen molar-refractivity contribution in [1.29, 1.82) is 0 Å². The van der Waals surface area contributed by atoms with Gasteiger partial charge in [0.1, 0.15) is 18.3 Å². The summed E-state index contributed by atoms with van der Waals surface area (Å²) in [4.78, 5) is 34.9. The van der Waals surface area contributed by atoms with Crippen molar-refractivity contribution in [2.45, 2.75) is 13.0 Å². The van der Waals surface area contributed by atoms with Gasteiger partial charge in [0.25, 0.3) is 0 Å². The van der Waals surface area contributed by atoms with Crippen LogP contribution in [-0.2, 0) is 22.6 Å². The van der Waals surface area contributed by atoms with Crippen molar-refractivity contribution >= 4 is 17.8 Å². The van der Waals surface area contributed by atoms with Gasteiger partial charge in [-0.05, 0) is 23.6 Å². The summed E-state index contributed by atoms with van der Waals surface area (Å²) in [6.45, 7) is 0.388. The van der Waals surface area contributed by atoms with Gasteiger partial charge in [0.05, 0.1) is 0 Å². The van der Waals surface area contributed by atoms with Gasteiger partial charge in [0, 0.05) is 0 Å². The molecule has 0 radical (unpaired) electrons. The Morgan fingerprint density at radius 1 is 0.833 bits per heavy atom. The van der Waals surface area contributed by atoms with E-state index < -0.39 is 23.8 Å². The number of rotatable bonds is 5. The zero-order chi connectivity index (χ0) is 16.9. The highest BCUT2D eigenvalue weighted by atomic mass is 16.5. The molecule has 0 saturated carbocycles. The highest BCUT2D eigenvalue weighted by Crippen LogP contribution is 2.23. The van der Waals surface area contributed by atoms with Gasteiger partial charge in [-0.25, -0.2) is 4.79 Å². The minimum Gasteiger partial charge on any atom is -0.489 e. The molecule has 0 unspecified atom stereocenters. The molecule has 1 fully saturated rings. The summed E-state index contributed by atoms with van der Waals surface area (Å²) >= 11 is 0. The van der Waals surface area contributed by atoms with Crippen molar-refractivity contribution in [3.63, 3.8) is 0 Å². The van der Waals surface area contributed by atoms with Gasteiger partial charge < -0.3 is 4.74 Å². The first-order valence-electron chi connectivity index (χ1n) is 7.54. The molecule has 1 saturated heterocycles. The molecule has 1 aliphatic heterocycles. The fraction of sp³-hybridized carbons (Fsp3) is 0.167. The molecular weight excluding hydrogens is 308 g/mol. The van der Waals surface area contributed by atoms with Crippen LogP contribution in [0.4, 0.5) is 4.79 Å². The van der Waals surface area contributed by atoms with Crippen LogP contribution in [0.5, 0.6) is 5.75 Å². The van der Waals surface area contributed by atoms with E-state index in [0.29, 0.717) is 12.4 Å². The van der Waals surface area contributed by atoms with Crippen molar-refractivity contribution in [2.24, 2.45) is 5.92 Å². The molecule has 2 aromatic rings. The largest absolute Gasteiger partial charge is 0.489 e. The molecule has 0 aliphatic carbocycles. The molecule has 0 atom stereocenters. The van der Waals surface area contributed by atoms with Crippen molar-refractivity contribution < 1.29 is 19.1 Å². The van der Waals surface area contributed by atoms with Crippen LogP contribution in [0.2, 0.25) is 0 Å². The maximum atomic E-state index is 11.9. The van der Waals surface area contributed by atoms with E-state index >= 15 is 0 Å². The molecule has 1 heterocycles. The Morgan fingerprint density at radius 2 is 1.46 bits per heavy atom. The van der Waals surface area contributed by atoms with Gasteiger partial charge >= 0.3 is 6.03 Å². The van der Waals surface area contributed by atoms with Crippen molar-refractivity contribution in [1.82, 2.24) is 10.6 Å². The van der Waals surface area contributed by atoms with Crippen molar-refractivity contribution in [3.8, 4) is 5.75 Å². The summed E-state index contributed by atoms with van der Waals surface area (Å²) in [6, 6.07) is 16.2. The van der Waals surface area contributed by atoms with Crippen LogP contribution < -0.4 is 15.4 Å². The van der Waals surface area contributed by atoms with Gasteiger partial charge in [-0.1, -0.05) is 48.5 Å². The number of urea groups is 1. The summed E-state index contributed by atoms with van der Waals surface area (Å²) in [7, 11) is 0. The molecule has 2 aromatic carbocycles. The minimum atomic E-state index is -0.954. The Morgan fingerprint density at radius 3 is 2.17 bits per heavy atom. The quantitative estimate of drug-likeness (QED) is 0.821. The van der Waals surface area contributed by atoms with E-state index in [0.717, 1.165) is 11.1 Å². The highest BCUT2D eigenvalue weighted by Gasteiger charge is 2.34. The molecule has 122 valence electrons. The molecule has 2 N–H and O–H groups in total. The average molecular weight is 324 g/mol. The van der Waals surface area contributed by atoms with Crippen LogP contribution in [0.1, 0.15) is 11.1 Å². The normalized spacial score (nSPS) is 14.9. The first-order valence-corrected chi connectivity index (χ1v) is 7.54. The molecule has 1 aliphatic rings. The fourth-order valence-corrected chi connectivity index (χ4v) is 2.50. The van der Waals surface area contributed by atoms with Gasteiger partial charge in [-0.2, -0.15) is 0 Å². The maximum Gasteiger partial charge on any atom is 0.328 e. The number of barbiturate groups is 1. The molecule has 24 heavy (non-hydrogen) atoms. The fourth-order valence-electron chi connectivity index (χ4n) is 2.50. The van der Waals surface area contributed by atoms with E-state index in [1.54, 1.807) is 12.1 Å². The number of benzene rings is 2. The molecule has 0 aromatic heterocycles. The molecule has 0 spiro atoms. The lowest BCUT2D eigenvalue weighted by molar-refractivity contribution is -0.135. The monoisotopic (exact) mass is 324 g/mol. The Hall–Kier alpha value is -3.15. The van der Waals surface area contributed by atoms with Gasteiger partial charge in [0.2, 0.25) is 11.8 Å².